The zero-order chi connectivity index (χ0) is 19.8. The predicted molar refractivity (Wildman–Crippen MR) is 110 cm³/mol. The summed E-state index contributed by atoms with van der Waals surface area (Å²) >= 11 is 5.36. The average molecular weight is 388 g/mol. The first-order valence-corrected chi connectivity index (χ1v) is 8.87. The molecule has 144 valence electrons. The Morgan fingerprint density at radius 1 is 1.11 bits per heavy atom. The third-order valence-electron chi connectivity index (χ3n) is 3.84. The van der Waals surface area contributed by atoms with Crippen LogP contribution in [0.3, 0.4) is 0 Å². The molecule has 27 heavy (non-hydrogen) atoms. The van der Waals surface area contributed by atoms with E-state index in [0.717, 1.165) is 22.7 Å². The quantitative estimate of drug-likeness (QED) is 0.555. The van der Waals surface area contributed by atoms with Gasteiger partial charge in [-0.2, -0.15) is 0 Å². The van der Waals surface area contributed by atoms with Crippen molar-refractivity contribution in [2.45, 2.75) is 19.9 Å². The molecule has 0 saturated heterocycles. The predicted octanol–water partition coefficient (Wildman–Crippen LogP) is 3.54. The van der Waals surface area contributed by atoms with Gasteiger partial charge in [0.15, 0.2) is 5.11 Å². The molecule has 0 bridgehead atoms. The van der Waals surface area contributed by atoms with E-state index in [2.05, 4.69) is 10.6 Å². The van der Waals surface area contributed by atoms with E-state index in [9.17, 15) is 4.79 Å². The number of methoxy groups -OCH3 is 2. The van der Waals surface area contributed by atoms with Gasteiger partial charge in [-0.15, -0.1) is 0 Å². The van der Waals surface area contributed by atoms with Crippen molar-refractivity contribution in [1.82, 2.24) is 5.32 Å². The maximum Gasteiger partial charge on any atom is 0.337 e. The van der Waals surface area contributed by atoms with E-state index in [1.54, 1.807) is 19.2 Å². The van der Waals surface area contributed by atoms with Crippen LogP contribution in [-0.2, 0) is 4.74 Å². The lowest BCUT2D eigenvalue weighted by Crippen LogP contribution is -2.39. The first kappa shape index (κ1) is 20.5. The number of carbonyl (C=O) groups excluding carboxylic acids is 1. The molecule has 2 N–H and O–H groups in total. The second-order valence-electron chi connectivity index (χ2n) is 6.01. The van der Waals surface area contributed by atoms with Crippen LogP contribution in [-0.4, -0.2) is 38.0 Å². The van der Waals surface area contributed by atoms with E-state index in [0.29, 0.717) is 17.3 Å². The normalized spacial score (nSPS) is 11.3. The summed E-state index contributed by atoms with van der Waals surface area (Å²) in [4.78, 5) is 11.7. The van der Waals surface area contributed by atoms with Crippen molar-refractivity contribution in [3.8, 4) is 11.5 Å². The van der Waals surface area contributed by atoms with Gasteiger partial charge in [0, 0.05) is 5.69 Å². The van der Waals surface area contributed by atoms with Crippen molar-refractivity contribution in [2.75, 3.05) is 26.1 Å². The maximum atomic E-state index is 11.7. The van der Waals surface area contributed by atoms with Gasteiger partial charge >= 0.3 is 5.97 Å². The fourth-order valence-corrected chi connectivity index (χ4v) is 2.63. The molecule has 0 aliphatic heterocycles. The molecule has 2 rings (SSSR count). The number of hydrogen-bond donors (Lipinski definition) is 2. The molecular formula is C20H24N2O4S. The third kappa shape index (κ3) is 6.14. The first-order valence-electron chi connectivity index (χ1n) is 8.46. The number of anilines is 1. The summed E-state index contributed by atoms with van der Waals surface area (Å²) in [6.45, 7) is 4.34. The molecule has 0 fully saturated rings. The van der Waals surface area contributed by atoms with Gasteiger partial charge in [-0.25, -0.2) is 4.79 Å². The molecule has 2 aromatic rings. The highest BCUT2D eigenvalue weighted by molar-refractivity contribution is 7.80. The molecule has 0 spiro atoms. The Morgan fingerprint density at radius 3 is 2.41 bits per heavy atom. The topological polar surface area (TPSA) is 68.8 Å². The van der Waals surface area contributed by atoms with Gasteiger partial charge in [0.2, 0.25) is 0 Å². The average Bonchev–Trinajstić information content (AvgIpc) is 2.67. The van der Waals surface area contributed by atoms with E-state index < -0.39 is 5.97 Å². The number of esters is 1. The molecule has 0 saturated carbocycles. The second-order valence-corrected chi connectivity index (χ2v) is 6.42. The molecule has 2 aromatic carbocycles. The van der Waals surface area contributed by atoms with Crippen LogP contribution in [0.4, 0.5) is 5.69 Å². The fourth-order valence-electron chi connectivity index (χ4n) is 2.32. The van der Waals surface area contributed by atoms with Crippen LogP contribution in [0.2, 0.25) is 0 Å². The van der Waals surface area contributed by atoms with Crippen LogP contribution in [0.15, 0.2) is 42.5 Å². The summed E-state index contributed by atoms with van der Waals surface area (Å²) in [5.41, 5.74) is 2.18. The highest BCUT2D eigenvalue weighted by Crippen LogP contribution is 2.18. The molecule has 7 heteroatoms. The van der Waals surface area contributed by atoms with Gasteiger partial charge in [-0.05, 0) is 68.0 Å². The summed E-state index contributed by atoms with van der Waals surface area (Å²) in [5.74, 6) is 1.14. The molecule has 0 aliphatic carbocycles. The molecule has 0 aromatic heterocycles. The smallest absolute Gasteiger partial charge is 0.337 e. The molecule has 6 nitrogen and oxygen atoms in total. The minimum absolute atomic E-state index is 0.0174. The van der Waals surface area contributed by atoms with Gasteiger partial charge in [0.25, 0.3) is 0 Å². The molecule has 0 aliphatic rings. The van der Waals surface area contributed by atoms with E-state index in [4.69, 9.17) is 26.4 Å². The first-order chi connectivity index (χ1) is 12.9. The zero-order valence-corrected chi connectivity index (χ0v) is 16.7. The van der Waals surface area contributed by atoms with Gasteiger partial charge in [-0.1, -0.05) is 6.07 Å². The number of ether oxygens (including phenoxy) is 3. The number of thiocarbonyl (C=S) groups is 1. The molecule has 0 radical (unpaired) electrons. The second kappa shape index (κ2) is 9.78. The summed E-state index contributed by atoms with van der Waals surface area (Å²) < 4.78 is 15.6. The highest BCUT2D eigenvalue weighted by atomic mass is 32.1. The van der Waals surface area contributed by atoms with Crippen LogP contribution < -0.4 is 20.1 Å². The highest BCUT2D eigenvalue weighted by Gasteiger charge is 2.10. The molecular weight excluding hydrogens is 364 g/mol. The van der Waals surface area contributed by atoms with Crippen molar-refractivity contribution in [3.05, 3.63) is 53.6 Å². The largest absolute Gasteiger partial charge is 0.497 e. The Hall–Kier alpha value is -2.80. The zero-order valence-electron chi connectivity index (χ0n) is 15.9. The molecule has 0 unspecified atom stereocenters. The molecule has 0 amide bonds. The Labute approximate surface area is 164 Å². The number of rotatable bonds is 7. The fraction of sp³-hybridized carbons (Fsp3) is 0.300. The number of benzene rings is 2. The van der Waals surface area contributed by atoms with Gasteiger partial charge in [0.1, 0.15) is 18.1 Å². The lowest BCUT2D eigenvalue weighted by atomic mass is 10.1. The van der Waals surface area contributed by atoms with E-state index in [1.165, 1.54) is 7.11 Å². The summed E-state index contributed by atoms with van der Waals surface area (Å²) in [6, 6.07) is 12.6. The molecule has 1 atom stereocenters. The summed E-state index contributed by atoms with van der Waals surface area (Å²) in [5, 5.41) is 6.73. The van der Waals surface area contributed by atoms with Crippen LogP contribution in [0.5, 0.6) is 11.5 Å². The van der Waals surface area contributed by atoms with Gasteiger partial charge < -0.3 is 24.8 Å². The minimum Gasteiger partial charge on any atom is -0.497 e. The van der Waals surface area contributed by atoms with Crippen LogP contribution >= 0.6 is 12.2 Å². The van der Waals surface area contributed by atoms with Crippen molar-refractivity contribution in [3.63, 3.8) is 0 Å². The number of nitrogens with one attached hydrogen (secondary N) is 2. The standard InChI is InChI=1S/C20H24N2O4S/c1-13-5-6-15(19(23)25-4)11-18(13)22-20(27)21-14(2)12-26-17-9-7-16(24-3)8-10-17/h5-11,14H,12H2,1-4H3,(H2,21,22,27)/t14-/m0/s1. The van der Waals surface area contributed by atoms with Crippen molar-refractivity contribution in [2.24, 2.45) is 0 Å². The lowest BCUT2D eigenvalue weighted by molar-refractivity contribution is 0.0601. The third-order valence-corrected chi connectivity index (χ3v) is 4.06. The van der Waals surface area contributed by atoms with Crippen molar-refractivity contribution >= 4 is 29.0 Å². The van der Waals surface area contributed by atoms with E-state index in [1.807, 2.05) is 44.2 Å². The van der Waals surface area contributed by atoms with Crippen LogP contribution in [0.1, 0.15) is 22.8 Å². The van der Waals surface area contributed by atoms with Crippen molar-refractivity contribution in [1.29, 1.82) is 0 Å². The van der Waals surface area contributed by atoms with Crippen LogP contribution in [0.25, 0.3) is 0 Å². The number of hydrogen-bond acceptors (Lipinski definition) is 5. The minimum atomic E-state index is -0.391. The van der Waals surface area contributed by atoms with E-state index in [-0.39, 0.29) is 6.04 Å². The number of carbonyl (C=O) groups is 1. The van der Waals surface area contributed by atoms with Gasteiger partial charge in [0.05, 0.1) is 25.8 Å². The summed E-state index contributed by atoms with van der Waals surface area (Å²) in [6.07, 6.45) is 0. The molecule has 0 heterocycles. The van der Waals surface area contributed by atoms with Crippen LogP contribution in [0, 0.1) is 6.92 Å². The summed E-state index contributed by atoms with van der Waals surface area (Å²) in [7, 11) is 2.98. The lowest BCUT2D eigenvalue weighted by Gasteiger charge is -2.19. The monoisotopic (exact) mass is 388 g/mol. The number of aryl methyl sites for hydroxylation is 1. The Bertz CT molecular complexity index is 793. The maximum absolute atomic E-state index is 11.7. The van der Waals surface area contributed by atoms with Gasteiger partial charge in [-0.3, -0.25) is 0 Å². The SMILES string of the molecule is COC(=O)c1ccc(C)c(NC(=S)N[C@@H](C)COc2ccc(OC)cc2)c1. The Morgan fingerprint density at radius 2 is 1.78 bits per heavy atom. The Kier molecular flexibility index (Phi) is 7.43. The Balaban J connectivity index is 1.88. The van der Waals surface area contributed by atoms with E-state index >= 15 is 0 Å². The van der Waals surface area contributed by atoms with Crippen molar-refractivity contribution < 1.29 is 19.0 Å².